The van der Waals surface area contributed by atoms with Crippen LogP contribution in [0.25, 0.3) is 0 Å². The van der Waals surface area contributed by atoms with E-state index in [1.165, 1.54) is 11.1 Å². The quantitative estimate of drug-likeness (QED) is 0.888. The van der Waals surface area contributed by atoms with Crippen LogP contribution in [-0.4, -0.2) is 44.6 Å². The Balaban J connectivity index is 1.86. The summed E-state index contributed by atoms with van der Waals surface area (Å²) in [6.07, 6.45) is 3.81. The number of hydrogen-bond donors (Lipinski definition) is 1. The van der Waals surface area contributed by atoms with Crippen molar-refractivity contribution < 1.29 is 9.53 Å². The number of amides is 1. The van der Waals surface area contributed by atoms with Gasteiger partial charge >= 0.3 is 0 Å². The molecule has 0 heterocycles. The summed E-state index contributed by atoms with van der Waals surface area (Å²) in [5.74, 6) is 1.10. The summed E-state index contributed by atoms with van der Waals surface area (Å²) in [5.41, 5.74) is 2.79. The fraction of sp³-hybridized carbons (Fsp3) is 0.562. The van der Waals surface area contributed by atoms with Crippen molar-refractivity contribution in [3.05, 3.63) is 29.3 Å². The lowest BCUT2D eigenvalue weighted by Crippen LogP contribution is -2.37. The first-order valence-electron chi connectivity index (χ1n) is 7.19. The van der Waals surface area contributed by atoms with E-state index >= 15 is 0 Å². The first-order chi connectivity index (χ1) is 9.60. The zero-order valence-electron chi connectivity index (χ0n) is 12.6. The number of fused-ring (bicyclic) bond motifs is 1. The van der Waals surface area contributed by atoms with E-state index in [0.29, 0.717) is 12.5 Å². The summed E-state index contributed by atoms with van der Waals surface area (Å²) in [6, 6.07) is 6.79. The van der Waals surface area contributed by atoms with Gasteiger partial charge in [0.1, 0.15) is 5.75 Å². The number of nitrogens with one attached hydrogen (secondary N) is 1. The molecule has 1 amide bonds. The Labute approximate surface area is 121 Å². The van der Waals surface area contributed by atoms with E-state index in [1.54, 1.807) is 26.1 Å². The van der Waals surface area contributed by atoms with Gasteiger partial charge in [-0.25, -0.2) is 0 Å². The van der Waals surface area contributed by atoms with E-state index in [1.807, 2.05) is 6.07 Å². The van der Waals surface area contributed by atoms with Gasteiger partial charge in [-0.05, 0) is 42.5 Å². The minimum Gasteiger partial charge on any atom is -0.497 e. The van der Waals surface area contributed by atoms with Crippen molar-refractivity contribution in [2.45, 2.75) is 31.7 Å². The molecule has 20 heavy (non-hydrogen) atoms. The number of rotatable bonds is 5. The lowest BCUT2D eigenvalue weighted by molar-refractivity contribution is -0.128. The average Bonchev–Trinajstić information content (AvgIpc) is 2.46. The molecule has 0 saturated carbocycles. The van der Waals surface area contributed by atoms with Gasteiger partial charge in [0.05, 0.1) is 7.11 Å². The van der Waals surface area contributed by atoms with Crippen LogP contribution in [0, 0.1) is 0 Å². The smallest absolute Gasteiger partial charge is 0.223 e. The number of ether oxygens (including phenoxy) is 1. The highest BCUT2D eigenvalue weighted by atomic mass is 16.5. The SMILES string of the molecule is COc1ccc2c(c1)CC(NCCC(=O)N(C)C)CC2. The predicted molar refractivity (Wildman–Crippen MR) is 80.1 cm³/mol. The number of carbonyl (C=O) groups excluding carboxylic acids is 1. The molecule has 0 radical (unpaired) electrons. The van der Waals surface area contributed by atoms with Crippen LogP contribution < -0.4 is 10.1 Å². The molecule has 2 rings (SSSR count). The molecule has 110 valence electrons. The van der Waals surface area contributed by atoms with E-state index in [0.717, 1.165) is 31.6 Å². The van der Waals surface area contributed by atoms with Gasteiger partial charge in [0.25, 0.3) is 0 Å². The van der Waals surface area contributed by atoms with Crippen LogP contribution in [0.3, 0.4) is 0 Å². The molecule has 0 bridgehead atoms. The highest BCUT2D eigenvalue weighted by Gasteiger charge is 2.18. The largest absolute Gasteiger partial charge is 0.497 e. The van der Waals surface area contributed by atoms with Crippen LogP contribution in [0.2, 0.25) is 0 Å². The number of carbonyl (C=O) groups is 1. The van der Waals surface area contributed by atoms with Crippen molar-refractivity contribution in [1.29, 1.82) is 0 Å². The van der Waals surface area contributed by atoms with Crippen molar-refractivity contribution in [3.8, 4) is 5.75 Å². The fourth-order valence-corrected chi connectivity index (χ4v) is 2.64. The minimum atomic E-state index is 0.176. The van der Waals surface area contributed by atoms with Gasteiger partial charge < -0.3 is 15.0 Å². The van der Waals surface area contributed by atoms with Crippen molar-refractivity contribution >= 4 is 5.91 Å². The standard InChI is InChI=1S/C16H24N2O2/c1-18(2)16(19)8-9-17-14-6-4-12-5-7-15(20-3)11-13(12)10-14/h5,7,11,14,17H,4,6,8-10H2,1-3H3. The van der Waals surface area contributed by atoms with E-state index in [2.05, 4.69) is 17.4 Å². The molecular weight excluding hydrogens is 252 g/mol. The molecule has 4 nitrogen and oxygen atoms in total. The second kappa shape index (κ2) is 6.75. The number of benzene rings is 1. The summed E-state index contributed by atoms with van der Waals surface area (Å²) in [4.78, 5) is 13.2. The average molecular weight is 276 g/mol. The van der Waals surface area contributed by atoms with Crippen molar-refractivity contribution in [2.24, 2.45) is 0 Å². The molecule has 1 aromatic carbocycles. The van der Waals surface area contributed by atoms with Gasteiger partial charge in [0, 0.05) is 33.1 Å². The van der Waals surface area contributed by atoms with Gasteiger partial charge in [-0.15, -0.1) is 0 Å². The highest BCUT2D eigenvalue weighted by molar-refractivity contribution is 5.75. The number of methoxy groups -OCH3 is 1. The molecule has 0 fully saturated rings. The van der Waals surface area contributed by atoms with E-state index in [4.69, 9.17) is 4.74 Å². The Morgan fingerprint density at radius 2 is 2.20 bits per heavy atom. The maximum Gasteiger partial charge on any atom is 0.223 e. The van der Waals surface area contributed by atoms with Crippen LogP contribution in [0.5, 0.6) is 5.75 Å². The summed E-state index contributed by atoms with van der Waals surface area (Å²) < 4.78 is 5.28. The van der Waals surface area contributed by atoms with Crippen LogP contribution >= 0.6 is 0 Å². The zero-order valence-corrected chi connectivity index (χ0v) is 12.6. The molecule has 0 saturated heterocycles. The molecule has 1 aliphatic carbocycles. The molecule has 1 atom stereocenters. The van der Waals surface area contributed by atoms with Gasteiger partial charge in [-0.2, -0.15) is 0 Å². The van der Waals surface area contributed by atoms with Crippen LogP contribution in [0.15, 0.2) is 18.2 Å². The topological polar surface area (TPSA) is 41.6 Å². The molecule has 0 spiro atoms. The Morgan fingerprint density at radius 3 is 2.90 bits per heavy atom. The molecule has 1 N–H and O–H groups in total. The van der Waals surface area contributed by atoms with Crippen molar-refractivity contribution in [3.63, 3.8) is 0 Å². The minimum absolute atomic E-state index is 0.176. The second-order valence-electron chi connectivity index (χ2n) is 5.57. The van der Waals surface area contributed by atoms with Crippen LogP contribution in [0.4, 0.5) is 0 Å². The van der Waals surface area contributed by atoms with Crippen LogP contribution in [-0.2, 0) is 17.6 Å². The fourth-order valence-electron chi connectivity index (χ4n) is 2.64. The Kier molecular flexibility index (Phi) is 5.01. The predicted octanol–water partition coefficient (Wildman–Crippen LogP) is 1.62. The van der Waals surface area contributed by atoms with Gasteiger partial charge in [-0.1, -0.05) is 6.07 Å². The van der Waals surface area contributed by atoms with E-state index in [-0.39, 0.29) is 5.91 Å². The van der Waals surface area contributed by atoms with Crippen LogP contribution in [0.1, 0.15) is 24.0 Å². The third-order valence-corrected chi connectivity index (χ3v) is 3.91. The summed E-state index contributed by atoms with van der Waals surface area (Å²) >= 11 is 0. The Hall–Kier alpha value is -1.55. The summed E-state index contributed by atoms with van der Waals surface area (Å²) in [6.45, 7) is 0.751. The first kappa shape index (κ1) is 14.9. The zero-order chi connectivity index (χ0) is 14.5. The Morgan fingerprint density at radius 1 is 1.40 bits per heavy atom. The van der Waals surface area contributed by atoms with Gasteiger partial charge in [0.2, 0.25) is 5.91 Å². The lowest BCUT2D eigenvalue weighted by atomic mass is 9.88. The summed E-state index contributed by atoms with van der Waals surface area (Å²) in [7, 11) is 5.30. The van der Waals surface area contributed by atoms with Gasteiger partial charge in [-0.3, -0.25) is 4.79 Å². The molecule has 1 aliphatic rings. The van der Waals surface area contributed by atoms with E-state index < -0.39 is 0 Å². The first-order valence-corrected chi connectivity index (χ1v) is 7.19. The number of aryl methyl sites for hydroxylation is 1. The normalized spacial score (nSPS) is 17.4. The second-order valence-corrected chi connectivity index (χ2v) is 5.57. The Bertz CT molecular complexity index is 472. The highest BCUT2D eigenvalue weighted by Crippen LogP contribution is 2.25. The molecular formula is C16H24N2O2. The maximum atomic E-state index is 11.5. The third kappa shape index (κ3) is 3.73. The van der Waals surface area contributed by atoms with Gasteiger partial charge in [0.15, 0.2) is 0 Å². The number of hydrogen-bond acceptors (Lipinski definition) is 3. The monoisotopic (exact) mass is 276 g/mol. The maximum absolute atomic E-state index is 11.5. The molecule has 4 heteroatoms. The molecule has 1 aromatic rings. The molecule has 0 aliphatic heterocycles. The summed E-state index contributed by atoms with van der Waals surface area (Å²) in [5, 5.41) is 3.50. The van der Waals surface area contributed by atoms with Crippen molar-refractivity contribution in [1.82, 2.24) is 10.2 Å². The number of nitrogens with zero attached hydrogens (tertiary/aromatic N) is 1. The molecule has 0 aromatic heterocycles. The third-order valence-electron chi connectivity index (χ3n) is 3.91. The van der Waals surface area contributed by atoms with E-state index in [9.17, 15) is 4.79 Å². The van der Waals surface area contributed by atoms with Crippen molar-refractivity contribution in [2.75, 3.05) is 27.7 Å². The lowest BCUT2D eigenvalue weighted by Gasteiger charge is -2.26. The molecule has 1 unspecified atom stereocenters.